The largest absolute Gasteiger partial charge is 0.506 e. The van der Waals surface area contributed by atoms with Crippen LogP contribution >= 0.6 is 0 Å². The van der Waals surface area contributed by atoms with Crippen LogP contribution in [0.5, 0.6) is 5.75 Å². The van der Waals surface area contributed by atoms with E-state index in [-0.39, 0.29) is 11.3 Å². The molecule has 0 amide bonds. The maximum atomic E-state index is 11.4. The minimum atomic E-state index is -1.10. The summed E-state index contributed by atoms with van der Waals surface area (Å²) in [7, 11) is 2.08. The van der Waals surface area contributed by atoms with Gasteiger partial charge >= 0.3 is 5.97 Å². The number of aromatic carboxylic acids is 1. The highest BCUT2D eigenvalue weighted by Gasteiger charge is 2.26. The molecular formula is C20H20N2O3. The maximum Gasteiger partial charge on any atom is 0.339 e. The van der Waals surface area contributed by atoms with Gasteiger partial charge in [0.2, 0.25) is 0 Å². The summed E-state index contributed by atoms with van der Waals surface area (Å²) in [4.78, 5) is 13.7. The fourth-order valence-electron chi connectivity index (χ4n) is 3.76. The van der Waals surface area contributed by atoms with Gasteiger partial charge in [-0.25, -0.2) is 4.79 Å². The molecule has 0 saturated carbocycles. The van der Waals surface area contributed by atoms with Crippen molar-refractivity contribution in [2.45, 2.75) is 19.5 Å². The SMILES string of the molecule is CN1CCc2c(n(Cc3ccccc3)c3ccc(C(=O)O)c(O)c23)C1. The quantitative estimate of drug-likeness (QED) is 0.771. The van der Waals surface area contributed by atoms with E-state index in [1.807, 2.05) is 24.3 Å². The number of carboxylic acids is 1. The molecule has 25 heavy (non-hydrogen) atoms. The Hall–Kier alpha value is -2.79. The van der Waals surface area contributed by atoms with Crippen LogP contribution in [0.4, 0.5) is 0 Å². The van der Waals surface area contributed by atoms with Crippen LogP contribution in [0.3, 0.4) is 0 Å². The second-order valence-electron chi connectivity index (χ2n) is 6.65. The summed E-state index contributed by atoms with van der Waals surface area (Å²) < 4.78 is 2.21. The van der Waals surface area contributed by atoms with Crippen molar-refractivity contribution in [2.75, 3.05) is 13.6 Å². The predicted molar refractivity (Wildman–Crippen MR) is 96.1 cm³/mol. The van der Waals surface area contributed by atoms with Gasteiger partial charge in [-0.3, -0.25) is 0 Å². The number of aromatic nitrogens is 1. The molecule has 0 spiro atoms. The number of likely N-dealkylation sites (N-methyl/N-ethyl adjacent to an activating group) is 1. The van der Waals surface area contributed by atoms with Crippen molar-refractivity contribution in [1.29, 1.82) is 0 Å². The van der Waals surface area contributed by atoms with E-state index < -0.39 is 5.97 Å². The third-order valence-corrected chi connectivity index (χ3v) is 5.00. The van der Waals surface area contributed by atoms with E-state index in [9.17, 15) is 15.0 Å². The zero-order valence-electron chi connectivity index (χ0n) is 14.1. The molecule has 5 heteroatoms. The van der Waals surface area contributed by atoms with Gasteiger partial charge in [0, 0.05) is 30.7 Å². The van der Waals surface area contributed by atoms with Gasteiger partial charge in [-0.15, -0.1) is 0 Å². The molecule has 4 rings (SSSR count). The normalized spacial score (nSPS) is 14.6. The highest BCUT2D eigenvalue weighted by molar-refractivity contribution is 6.01. The van der Waals surface area contributed by atoms with Crippen molar-refractivity contribution in [3.05, 3.63) is 64.8 Å². The molecule has 0 aliphatic carbocycles. The minimum absolute atomic E-state index is 0.0360. The fraction of sp³-hybridized carbons (Fsp3) is 0.250. The lowest BCUT2D eigenvalue weighted by atomic mass is 10.0. The zero-order valence-corrected chi connectivity index (χ0v) is 14.1. The van der Waals surface area contributed by atoms with Crippen LogP contribution in [-0.2, 0) is 19.5 Å². The van der Waals surface area contributed by atoms with Crippen molar-refractivity contribution in [3.63, 3.8) is 0 Å². The fourth-order valence-corrected chi connectivity index (χ4v) is 3.76. The third-order valence-electron chi connectivity index (χ3n) is 5.00. The number of hydrogen-bond acceptors (Lipinski definition) is 3. The number of aromatic hydroxyl groups is 1. The van der Waals surface area contributed by atoms with Crippen LogP contribution in [-0.4, -0.2) is 39.2 Å². The molecule has 2 N–H and O–H groups in total. The number of benzene rings is 2. The molecule has 3 aromatic rings. The predicted octanol–water partition coefficient (Wildman–Crippen LogP) is 3.08. The molecule has 0 fully saturated rings. The van der Waals surface area contributed by atoms with Gasteiger partial charge in [-0.1, -0.05) is 30.3 Å². The summed E-state index contributed by atoms with van der Waals surface area (Å²) in [5.74, 6) is -1.21. The number of carbonyl (C=O) groups is 1. The molecule has 1 aliphatic heterocycles. The highest BCUT2D eigenvalue weighted by atomic mass is 16.4. The van der Waals surface area contributed by atoms with Crippen LogP contribution in [0.1, 0.15) is 27.2 Å². The molecule has 0 bridgehead atoms. The number of carboxylic acid groups (broad SMARTS) is 1. The van der Waals surface area contributed by atoms with Crippen molar-refractivity contribution in [3.8, 4) is 5.75 Å². The molecule has 5 nitrogen and oxygen atoms in total. The average Bonchev–Trinajstić information content (AvgIpc) is 2.90. The van der Waals surface area contributed by atoms with Gasteiger partial charge in [0.15, 0.2) is 0 Å². The number of nitrogens with zero attached hydrogens (tertiary/aromatic N) is 2. The molecule has 1 aliphatic rings. The lowest BCUT2D eigenvalue weighted by Crippen LogP contribution is -2.27. The van der Waals surface area contributed by atoms with E-state index in [1.165, 1.54) is 11.6 Å². The lowest BCUT2D eigenvalue weighted by Gasteiger charge is -2.24. The summed E-state index contributed by atoms with van der Waals surface area (Å²) in [6.45, 7) is 2.39. The van der Waals surface area contributed by atoms with E-state index in [0.29, 0.717) is 11.9 Å². The minimum Gasteiger partial charge on any atom is -0.506 e. The first kappa shape index (κ1) is 15.7. The molecule has 1 aromatic heterocycles. The van der Waals surface area contributed by atoms with Gasteiger partial charge in [0.05, 0.1) is 5.52 Å². The zero-order chi connectivity index (χ0) is 17.6. The average molecular weight is 336 g/mol. The lowest BCUT2D eigenvalue weighted by molar-refractivity contribution is 0.0694. The monoisotopic (exact) mass is 336 g/mol. The first-order valence-corrected chi connectivity index (χ1v) is 8.38. The number of phenols is 1. The Morgan fingerprint density at radius 2 is 1.92 bits per heavy atom. The Labute approximate surface area is 145 Å². The summed E-state index contributed by atoms with van der Waals surface area (Å²) in [5.41, 5.74) is 4.27. The second kappa shape index (κ2) is 5.93. The van der Waals surface area contributed by atoms with E-state index >= 15 is 0 Å². The Kier molecular flexibility index (Phi) is 3.73. The molecule has 0 unspecified atom stereocenters. The summed E-state index contributed by atoms with van der Waals surface area (Å²) >= 11 is 0. The van der Waals surface area contributed by atoms with Crippen molar-refractivity contribution >= 4 is 16.9 Å². The number of fused-ring (bicyclic) bond motifs is 3. The standard InChI is InChI=1S/C20H20N2O3/c1-21-10-9-14-17(12-21)22(11-13-5-3-2-4-6-13)16-8-7-15(20(24)25)19(23)18(14)16/h2-8,23H,9-12H2,1H3,(H,24,25). The van der Waals surface area contributed by atoms with Crippen molar-refractivity contribution in [1.82, 2.24) is 9.47 Å². The van der Waals surface area contributed by atoms with Crippen molar-refractivity contribution < 1.29 is 15.0 Å². The van der Waals surface area contributed by atoms with Gasteiger partial charge in [0.1, 0.15) is 11.3 Å². The Morgan fingerprint density at radius 1 is 1.16 bits per heavy atom. The van der Waals surface area contributed by atoms with E-state index in [2.05, 4.69) is 28.6 Å². The molecule has 128 valence electrons. The number of hydrogen-bond donors (Lipinski definition) is 2. The summed E-state index contributed by atoms with van der Waals surface area (Å²) in [6.07, 6.45) is 0.806. The molecule has 0 radical (unpaired) electrons. The van der Waals surface area contributed by atoms with Gasteiger partial charge < -0.3 is 19.7 Å². The first-order chi connectivity index (χ1) is 12.1. The van der Waals surface area contributed by atoms with Gasteiger partial charge in [0.25, 0.3) is 0 Å². The first-order valence-electron chi connectivity index (χ1n) is 8.38. The third kappa shape index (κ3) is 2.57. The molecule has 0 atom stereocenters. The van der Waals surface area contributed by atoms with Gasteiger partial charge in [-0.2, -0.15) is 0 Å². The Bertz CT molecular complexity index is 960. The van der Waals surface area contributed by atoms with Crippen LogP contribution in [0, 0.1) is 0 Å². The van der Waals surface area contributed by atoms with E-state index in [1.54, 1.807) is 0 Å². The smallest absolute Gasteiger partial charge is 0.339 e. The topological polar surface area (TPSA) is 65.7 Å². The summed E-state index contributed by atoms with van der Waals surface area (Å²) in [6, 6.07) is 13.5. The molecule has 2 aromatic carbocycles. The summed E-state index contributed by atoms with van der Waals surface area (Å²) in [5, 5.41) is 20.6. The highest BCUT2D eigenvalue weighted by Crippen LogP contribution is 2.38. The van der Waals surface area contributed by atoms with Gasteiger partial charge in [-0.05, 0) is 36.7 Å². The van der Waals surface area contributed by atoms with E-state index in [0.717, 1.165) is 36.3 Å². The Morgan fingerprint density at radius 3 is 2.64 bits per heavy atom. The van der Waals surface area contributed by atoms with Crippen LogP contribution in [0.2, 0.25) is 0 Å². The van der Waals surface area contributed by atoms with E-state index in [4.69, 9.17) is 0 Å². The Balaban J connectivity index is 1.96. The molecular weight excluding hydrogens is 316 g/mol. The number of rotatable bonds is 3. The van der Waals surface area contributed by atoms with Crippen LogP contribution < -0.4 is 0 Å². The van der Waals surface area contributed by atoms with Crippen LogP contribution in [0.15, 0.2) is 42.5 Å². The maximum absolute atomic E-state index is 11.4. The molecule has 2 heterocycles. The van der Waals surface area contributed by atoms with Crippen LogP contribution in [0.25, 0.3) is 10.9 Å². The van der Waals surface area contributed by atoms with Crippen molar-refractivity contribution in [2.24, 2.45) is 0 Å². The second-order valence-corrected chi connectivity index (χ2v) is 6.65. The molecule has 0 saturated heterocycles.